The fourth-order valence-electron chi connectivity index (χ4n) is 2.31. The van der Waals surface area contributed by atoms with E-state index in [1.54, 1.807) is 23.3 Å². The third-order valence-corrected chi connectivity index (χ3v) is 4.68. The lowest BCUT2D eigenvalue weighted by molar-refractivity contribution is 0.203. The van der Waals surface area contributed by atoms with Crippen molar-refractivity contribution in [1.29, 1.82) is 0 Å². The summed E-state index contributed by atoms with van der Waals surface area (Å²) in [7, 11) is 1.78. The number of nitrogens with zero attached hydrogens (tertiary/aromatic N) is 2. The molecule has 0 radical (unpaired) electrons. The van der Waals surface area contributed by atoms with Gasteiger partial charge in [0, 0.05) is 23.7 Å². The maximum absolute atomic E-state index is 12.3. The average Bonchev–Trinajstić information content (AvgIpc) is 3.04. The normalized spacial score (nSPS) is 12.2. The third kappa shape index (κ3) is 3.88. The summed E-state index contributed by atoms with van der Waals surface area (Å²) in [6.07, 6.45) is 2.86. The fourth-order valence-corrected chi connectivity index (χ4v) is 3.23. The molecule has 0 aliphatic heterocycles. The molecule has 2 aromatic heterocycles. The number of nitrogens with one attached hydrogen (secondary N) is 1. The van der Waals surface area contributed by atoms with E-state index in [0.29, 0.717) is 6.54 Å². The largest absolute Gasteiger partial charge is 0.466 e. The van der Waals surface area contributed by atoms with Crippen molar-refractivity contribution in [3.63, 3.8) is 0 Å². The van der Waals surface area contributed by atoms with Crippen LogP contribution in [0.25, 0.3) is 0 Å². The first-order chi connectivity index (χ1) is 10.4. The van der Waals surface area contributed by atoms with Crippen molar-refractivity contribution in [1.82, 2.24) is 15.2 Å². The number of aromatic nitrogens is 1. The lowest BCUT2D eigenvalue weighted by Crippen LogP contribution is -2.38. The maximum Gasteiger partial charge on any atom is 0.317 e. The molecular formula is C16H23N3O2S. The van der Waals surface area contributed by atoms with Crippen LogP contribution in [0, 0.1) is 13.8 Å². The predicted molar refractivity (Wildman–Crippen MR) is 88.1 cm³/mol. The highest BCUT2D eigenvalue weighted by Crippen LogP contribution is 2.21. The van der Waals surface area contributed by atoms with Crippen LogP contribution in [0.1, 0.15) is 46.9 Å². The van der Waals surface area contributed by atoms with Crippen LogP contribution in [-0.4, -0.2) is 23.0 Å². The highest BCUT2D eigenvalue weighted by molar-refractivity contribution is 7.11. The smallest absolute Gasteiger partial charge is 0.317 e. The molecule has 2 amide bonds. The summed E-state index contributed by atoms with van der Waals surface area (Å²) in [5, 5.41) is 3.95. The summed E-state index contributed by atoms with van der Waals surface area (Å²) in [4.78, 5) is 19.5. The van der Waals surface area contributed by atoms with E-state index in [-0.39, 0.29) is 12.1 Å². The average molecular weight is 321 g/mol. The van der Waals surface area contributed by atoms with Gasteiger partial charge < -0.3 is 14.6 Å². The molecular weight excluding hydrogens is 298 g/mol. The molecule has 120 valence electrons. The van der Waals surface area contributed by atoms with Gasteiger partial charge in [-0.3, -0.25) is 0 Å². The second kappa shape index (κ2) is 6.96. The highest BCUT2D eigenvalue weighted by Gasteiger charge is 2.18. The molecule has 0 aromatic carbocycles. The Balaban J connectivity index is 1.94. The molecule has 0 bridgehead atoms. The summed E-state index contributed by atoms with van der Waals surface area (Å²) in [5.41, 5.74) is 1.02. The van der Waals surface area contributed by atoms with E-state index < -0.39 is 0 Å². The predicted octanol–water partition coefficient (Wildman–Crippen LogP) is 3.82. The van der Waals surface area contributed by atoms with Crippen LogP contribution in [0.5, 0.6) is 0 Å². The van der Waals surface area contributed by atoms with Gasteiger partial charge in [0.1, 0.15) is 16.5 Å². The molecule has 1 N–H and O–H groups in total. The molecule has 0 aliphatic rings. The Morgan fingerprint density at radius 2 is 2.23 bits per heavy atom. The quantitative estimate of drug-likeness (QED) is 0.911. The van der Waals surface area contributed by atoms with Gasteiger partial charge in [-0.05, 0) is 33.3 Å². The molecule has 1 unspecified atom stereocenters. The number of hydrogen-bond donors (Lipinski definition) is 1. The third-order valence-electron chi connectivity index (χ3n) is 3.55. The van der Waals surface area contributed by atoms with Crippen molar-refractivity contribution in [2.75, 3.05) is 7.05 Å². The molecule has 5 nitrogen and oxygen atoms in total. The Morgan fingerprint density at radius 1 is 1.50 bits per heavy atom. The Kier molecular flexibility index (Phi) is 5.24. The molecule has 2 heterocycles. The van der Waals surface area contributed by atoms with E-state index in [2.05, 4.69) is 17.2 Å². The van der Waals surface area contributed by atoms with Crippen molar-refractivity contribution in [3.05, 3.63) is 39.2 Å². The van der Waals surface area contributed by atoms with Crippen molar-refractivity contribution in [3.8, 4) is 0 Å². The number of carbonyl (C=O) groups is 1. The number of rotatable bonds is 5. The van der Waals surface area contributed by atoms with Crippen molar-refractivity contribution >= 4 is 17.4 Å². The zero-order chi connectivity index (χ0) is 16.3. The van der Waals surface area contributed by atoms with E-state index in [9.17, 15) is 4.79 Å². The van der Waals surface area contributed by atoms with E-state index in [0.717, 1.165) is 28.5 Å². The Labute approximate surface area is 135 Å². The second-order valence-electron chi connectivity index (χ2n) is 5.47. The van der Waals surface area contributed by atoms with Crippen molar-refractivity contribution in [2.45, 2.75) is 46.7 Å². The second-order valence-corrected chi connectivity index (χ2v) is 6.67. The standard InChI is InChI=1S/C16H23N3O2S/c1-6-13-8-17-15(22-13)9-19(5)16(20)18-11(3)14-7-10(2)21-12(14)4/h7-8,11H,6,9H2,1-5H3,(H,18,20). The van der Waals surface area contributed by atoms with E-state index in [1.165, 1.54) is 4.88 Å². The summed E-state index contributed by atoms with van der Waals surface area (Å²) < 4.78 is 5.52. The molecule has 2 rings (SSSR count). The Bertz CT molecular complexity index is 648. The monoisotopic (exact) mass is 321 g/mol. The van der Waals surface area contributed by atoms with Gasteiger partial charge in [-0.1, -0.05) is 6.92 Å². The zero-order valence-corrected chi connectivity index (χ0v) is 14.6. The number of thiazole rings is 1. The molecule has 0 aliphatic carbocycles. The van der Waals surface area contributed by atoms with Gasteiger partial charge in [0.05, 0.1) is 12.6 Å². The number of carbonyl (C=O) groups excluding carboxylic acids is 1. The van der Waals surface area contributed by atoms with Crippen LogP contribution < -0.4 is 5.32 Å². The lowest BCUT2D eigenvalue weighted by Gasteiger charge is -2.20. The van der Waals surface area contributed by atoms with Crippen molar-refractivity contribution < 1.29 is 9.21 Å². The van der Waals surface area contributed by atoms with Crippen LogP contribution in [0.3, 0.4) is 0 Å². The highest BCUT2D eigenvalue weighted by atomic mass is 32.1. The van der Waals surface area contributed by atoms with Crippen LogP contribution >= 0.6 is 11.3 Å². The summed E-state index contributed by atoms with van der Waals surface area (Å²) in [6.45, 7) is 8.40. The summed E-state index contributed by atoms with van der Waals surface area (Å²) in [5.74, 6) is 1.71. The lowest BCUT2D eigenvalue weighted by atomic mass is 10.1. The minimum Gasteiger partial charge on any atom is -0.466 e. The molecule has 0 spiro atoms. The molecule has 22 heavy (non-hydrogen) atoms. The van der Waals surface area contributed by atoms with E-state index >= 15 is 0 Å². The topological polar surface area (TPSA) is 58.4 Å². The van der Waals surface area contributed by atoms with Crippen LogP contribution in [0.15, 0.2) is 16.7 Å². The van der Waals surface area contributed by atoms with Gasteiger partial charge in [0.2, 0.25) is 0 Å². The zero-order valence-electron chi connectivity index (χ0n) is 13.8. The van der Waals surface area contributed by atoms with Gasteiger partial charge in [-0.15, -0.1) is 11.3 Å². The van der Waals surface area contributed by atoms with Gasteiger partial charge in [-0.2, -0.15) is 0 Å². The van der Waals surface area contributed by atoms with Crippen LogP contribution in [0.4, 0.5) is 4.79 Å². The molecule has 6 heteroatoms. The first kappa shape index (κ1) is 16.5. The minimum atomic E-state index is -0.112. The number of amides is 2. The van der Waals surface area contributed by atoms with E-state index in [4.69, 9.17) is 4.42 Å². The Morgan fingerprint density at radius 3 is 2.77 bits per heavy atom. The molecule has 2 aromatic rings. The molecule has 0 saturated heterocycles. The summed E-state index contributed by atoms with van der Waals surface area (Å²) >= 11 is 1.65. The first-order valence-electron chi connectivity index (χ1n) is 7.42. The summed E-state index contributed by atoms with van der Waals surface area (Å²) in [6, 6.07) is 1.77. The molecule has 0 fully saturated rings. The van der Waals surface area contributed by atoms with Gasteiger partial charge in [0.25, 0.3) is 0 Å². The van der Waals surface area contributed by atoms with Gasteiger partial charge in [0.15, 0.2) is 0 Å². The van der Waals surface area contributed by atoms with Gasteiger partial charge in [-0.25, -0.2) is 9.78 Å². The number of aryl methyl sites for hydroxylation is 3. The number of hydrogen-bond acceptors (Lipinski definition) is 4. The van der Waals surface area contributed by atoms with Gasteiger partial charge >= 0.3 is 6.03 Å². The maximum atomic E-state index is 12.3. The van der Waals surface area contributed by atoms with Crippen LogP contribution in [0.2, 0.25) is 0 Å². The van der Waals surface area contributed by atoms with E-state index in [1.807, 2.05) is 33.0 Å². The van der Waals surface area contributed by atoms with Crippen molar-refractivity contribution in [2.24, 2.45) is 0 Å². The first-order valence-corrected chi connectivity index (χ1v) is 8.24. The Hall–Kier alpha value is -1.82. The minimum absolute atomic E-state index is 0.0881. The molecule has 0 saturated carbocycles. The molecule has 1 atom stereocenters. The fraction of sp³-hybridized carbons (Fsp3) is 0.500. The van der Waals surface area contributed by atoms with Crippen LogP contribution in [-0.2, 0) is 13.0 Å². The number of furan rings is 1. The SMILES string of the molecule is CCc1cnc(CN(C)C(=O)NC(C)c2cc(C)oc2C)s1. The number of urea groups is 1.